The first-order chi connectivity index (χ1) is 14.9. The second-order valence-electron chi connectivity index (χ2n) is 7.91. The first-order valence-corrected chi connectivity index (χ1v) is 12.8. The van der Waals surface area contributed by atoms with Gasteiger partial charge < -0.3 is 15.0 Å². The number of aromatic nitrogens is 1. The van der Waals surface area contributed by atoms with Gasteiger partial charge in [0.05, 0.1) is 19.1 Å². The summed E-state index contributed by atoms with van der Waals surface area (Å²) in [7, 11) is -3.54. The normalized spacial score (nSPS) is 20.5. The van der Waals surface area contributed by atoms with Gasteiger partial charge in [-0.15, -0.1) is 11.3 Å². The number of amides is 1. The summed E-state index contributed by atoms with van der Waals surface area (Å²) in [5, 5.41) is 2.99. The largest absolute Gasteiger partial charge is 0.378 e. The van der Waals surface area contributed by atoms with Crippen molar-refractivity contribution in [2.24, 2.45) is 5.92 Å². The second-order valence-corrected chi connectivity index (χ2v) is 11.4. The van der Waals surface area contributed by atoms with Crippen LogP contribution >= 0.6 is 11.3 Å². The van der Waals surface area contributed by atoms with E-state index in [0.717, 1.165) is 29.3 Å². The minimum atomic E-state index is -3.54. The molecule has 168 valence electrons. The van der Waals surface area contributed by atoms with Crippen molar-refractivity contribution in [3.63, 3.8) is 0 Å². The summed E-state index contributed by atoms with van der Waals surface area (Å²) < 4.78 is 33.0. The number of nitrogens with zero attached hydrogens (tertiary/aromatic N) is 3. The van der Waals surface area contributed by atoms with E-state index in [4.69, 9.17) is 4.74 Å². The third-order valence-electron chi connectivity index (χ3n) is 5.68. The molecule has 4 rings (SSSR count). The van der Waals surface area contributed by atoms with Gasteiger partial charge in [-0.3, -0.25) is 4.79 Å². The van der Waals surface area contributed by atoms with Gasteiger partial charge in [0, 0.05) is 43.8 Å². The Bertz CT molecular complexity index is 1020. The summed E-state index contributed by atoms with van der Waals surface area (Å²) in [6.07, 6.45) is 3.12. The van der Waals surface area contributed by atoms with Crippen molar-refractivity contribution >= 4 is 33.1 Å². The van der Waals surface area contributed by atoms with E-state index in [-0.39, 0.29) is 18.4 Å². The summed E-state index contributed by atoms with van der Waals surface area (Å²) >= 11 is 1.27. The van der Waals surface area contributed by atoms with Gasteiger partial charge in [0.1, 0.15) is 10.0 Å². The van der Waals surface area contributed by atoms with Crippen molar-refractivity contribution in [2.45, 2.75) is 30.5 Å². The van der Waals surface area contributed by atoms with E-state index < -0.39 is 10.0 Å². The molecule has 1 unspecified atom stereocenters. The number of anilines is 1. The molecule has 0 saturated carbocycles. The Morgan fingerprint density at radius 3 is 2.81 bits per heavy atom. The number of rotatable bonds is 6. The number of ether oxygens (including phenoxy) is 1. The van der Waals surface area contributed by atoms with Crippen LogP contribution in [0.2, 0.25) is 0 Å². The molecule has 2 aromatic heterocycles. The van der Waals surface area contributed by atoms with Crippen molar-refractivity contribution in [1.82, 2.24) is 14.6 Å². The van der Waals surface area contributed by atoms with Gasteiger partial charge in [-0.25, -0.2) is 13.4 Å². The predicted molar refractivity (Wildman–Crippen MR) is 120 cm³/mol. The van der Waals surface area contributed by atoms with E-state index in [2.05, 4.69) is 15.2 Å². The summed E-state index contributed by atoms with van der Waals surface area (Å²) in [6.45, 7) is 5.95. The average molecular weight is 465 g/mol. The summed E-state index contributed by atoms with van der Waals surface area (Å²) in [6, 6.07) is 7.34. The molecule has 1 N–H and O–H groups in total. The molecule has 1 atom stereocenters. The Labute approximate surface area is 187 Å². The molecule has 1 amide bonds. The molecule has 31 heavy (non-hydrogen) atoms. The fourth-order valence-corrected chi connectivity index (χ4v) is 6.88. The van der Waals surface area contributed by atoms with Crippen LogP contribution in [0.5, 0.6) is 0 Å². The molecule has 8 nitrogen and oxygen atoms in total. The number of thiophene rings is 1. The Kier molecular flexibility index (Phi) is 6.90. The van der Waals surface area contributed by atoms with Crippen molar-refractivity contribution in [2.75, 3.05) is 44.3 Å². The fraction of sp³-hybridized carbons (Fsp3) is 0.524. The molecule has 2 aliphatic heterocycles. The molecule has 2 saturated heterocycles. The van der Waals surface area contributed by atoms with Crippen LogP contribution in [0.15, 0.2) is 34.7 Å². The van der Waals surface area contributed by atoms with Gasteiger partial charge in [-0.2, -0.15) is 4.31 Å². The third-order valence-corrected chi connectivity index (χ3v) is 9.01. The molecule has 4 heterocycles. The van der Waals surface area contributed by atoms with Crippen LogP contribution in [0, 0.1) is 12.8 Å². The monoisotopic (exact) mass is 464 g/mol. The third kappa shape index (κ3) is 5.25. The number of carbonyl (C=O) groups is 1. The van der Waals surface area contributed by atoms with Gasteiger partial charge >= 0.3 is 0 Å². The van der Waals surface area contributed by atoms with Gasteiger partial charge in [0.2, 0.25) is 5.91 Å². The molecule has 0 aliphatic carbocycles. The first kappa shape index (κ1) is 22.2. The lowest BCUT2D eigenvalue weighted by molar-refractivity contribution is -0.126. The number of morpholine rings is 1. The van der Waals surface area contributed by atoms with E-state index in [1.807, 2.05) is 25.1 Å². The van der Waals surface area contributed by atoms with E-state index >= 15 is 0 Å². The summed E-state index contributed by atoms with van der Waals surface area (Å²) in [5.74, 6) is 0.438. The molecule has 0 bridgehead atoms. The number of carbonyl (C=O) groups excluding carboxylic acids is 1. The lowest BCUT2D eigenvalue weighted by Crippen LogP contribution is -2.45. The number of hydrogen-bond acceptors (Lipinski definition) is 7. The molecule has 2 aliphatic rings. The molecular formula is C21H28N4O4S2. The number of sulfonamides is 1. The highest BCUT2D eigenvalue weighted by molar-refractivity contribution is 7.91. The van der Waals surface area contributed by atoms with Gasteiger partial charge in [-0.05, 0) is 49.6 Å². The number of hydrogen-bond donors (Lipinski definition) is 1. The zero-order valence-electron chi connectivity index (χ0n) is 17.6. The minimum absolute atomic E-state index is 0.105. The fourth-order valence-electron chi connectivity index (χ4n) is 3.92. The summed E-state index contributed by atoms with van der Waals surface area (Å²) in [5.41, 5.74) is 0.971. The maximum Gasteiger partial charge on any atom is 0.252 e. The van der Waals surface area contributed by atoms with Crippen LogP contribution in [-0.4, -0.2) is 63.0 Å². The number of pyridine rings is 1. The van der Waals surface area contributed by atoms with Crippen molar-refractivity contribution < 1.29 is 17.9 Å². The van der Waals surface area contributed by atoms with Crippen LogP contribution < -0.4 is 10.2 Å². The molecule has 2 aromatic rings. The minimum Gasteiger partial charge on any atom is -0.378 e. The van der Waals surface area contributed by atoms with Crippen LogP contribution in [0.1, 0.15) is 23.3 Å². The van der Waals surface area contributed by atoms with Crippen LogP contribution in [0.3, 0.4) is 0 Å². The smallest absolute Gasteiger partial charge is 0.252 e. The topological polar surface area (TPSA) is 91.8 Å². The Morgan fingerprint density at radius 2 is 2.06 bits per heavy atom. The van der Waals surface area contributed by atoms with Gasteiger partial charge in [-0.1, -0.05) is 0 Å². The predicted octanol–water partition coefficient (Wildman–Crippen LogP) is 2.01. The molecule has 0 aromatic carbocycles. The zero-order chi connectivity index (χ0) is 21.8. The Morgan fingerprint density at radius 1 is 1.26 bits per heavy atom. The lowest BCUT2D eigenvalue weighted by atomic mass is 9.99. The van der Waals surface area contributed by atoms with Crippen LogP contribution in [-0.2, 0) is 26.1 Å². The number of aryl methyl sites for hydroxylation is 1. The summed E-state index contributed by atoms with van der Waals surface area (Å²) in [4.78, 5) is 20.4. The van der Waals surface area contributed by atoms with E-state index in [0.29, 0.717) is 43.4 Å². The van der Waals surface area contributed by atoms with Gasteiger partial charge in [0.15, 0.2) is 0 Å². The second kappa shape index (κ2) is 9.64. The standard InChI is InChI=1S/C21H28N4O4S2/c1-16-4-5-20(30-16)31(27,28)25-8-2-3-18(15-25)21(26)23-14-17-6-7-22-19(13-17)24-9-11-29-12-10-24/h4-7,13,18H,2-3,8-12,14-15H2,1H3,(H,23,26). The highest BCUT2D eigenvalue weighted by Crippen LogP contribution is 2.28. The Balaban J connectivity index is 1.35. The SMILES string of the molecule is Cc1ccc(S(=O)(=O)N2CCCC(C(=O)NCc3ccnc(N4CCOCC4)c3)C2)s1. The molecule has 0 spiro atoms. The van der Waals surface area contributed by atoms with Crippen LogP contribution in [0.4, 0.5) is 5.82 Å². The quantitative estimate of drug-likeness (QED) is 0.703. The Hall–Kier alpha value is -2.01. The van der Waals surface area contributed by atoms with E-state index in [9.17, 15) is 13.2 Å². The average Bonchev–Trinajstić information content (AvgIpc) is 3.25. The molecule has 2 fully saturated rings. The van der Waals surface area contributed by atoms with E-state index in [1.165, 1.54) is 15.6 Å². The molecule has 10 heteroatoms. The molecule has 0 radical (unpaired) electrons. The van der Waals surface area contributed by atoms with Crippen molar-refractivity contribution in [3.8, 4) is 0 Å². The maximum atomic E-state index is 12.9. The maximum absolute atomic E-state index is 12.9. The first-order valence-electron chi connectivity index (χ1n) is 10.6. The number of nitrogens with one attached hydrogen (secondary N) is 1. The molecular weight excluding hydrogens is 436 g/mol. The zero-order valence-corrected chi connectivity index (χ0v) is 19.3. The van der Waals surface area contributed by atoms with Crippen LogP contribution in [0.25, 0.3) is 0 Å². The van der Waals surface area contributed by atoms with Crippen molar-refractivity contribution in [1.29, 1.82) is 0 Å². The van der Waals surface area contributed by atoms with Crippen molar-refractivity contribution in [3.05, 3.63) is 40.9 Å². The van der Waals surface area contributed by atoms with E-state index in [1.54, 1.807) is 12.3 Å². The number of piperidine rings is 1. The highest BCUT2D eigenvalue weighted by atomic mass is 32.2. The van der Waals surface area contributed by atoms with Gasteiger partial charge in [0.25, 0.3) is 10.0 Å². The highest BCUT2D eigenvalue weighted by Gasteiger charge is 2.34. The lowest BCUT2D eigenvalue weighted by Gasteiger charge is -2.31.